The second-order valence-electron chi connectivity index (χ2n) is 7.16. The molecule has 0 radical (unpaired) electrons. The summed E-state index contributed by atoms with van der Waals surface area (Å²) < 4.78 is 83.7. The lowest BCUT2D eigenvalue weighted by Crippen LogP contribution is -2.15. The Balaban J connectivity index is 1.66. The molecule has 3 aromatic rings. The number of carbonyl (C=O) groups is 1. The number of hydrogen-bond donors (Lipinski definition) is 0. The van der Waals surface area contributed by atoms with E-state index < -0.39 is 36.3 Å². The smallest absolute Gasteiger partial charge is 0.403 e. The minimum Gasteiger partial charge on any atom is -0.403 e. The van der Waals surface area contributed by atoms with Crippen LogP contribution in [0.1, 0.15) is 38.4 Å². The molecule has 0 aliphatic carbocycles. The molecule has 0 bridgehead atoms. The fourth-order valence-electron chi connectivity index (χ4n) is 3.31. The van der Waals surface area contributed by atoms with Gasteiger partial charge in [-0.05, 0) is 36.2 Å². The number of cyclic esters (lactones) is 1. The van der Waals surface area contributed by atoms with Gasteiger partial charge in [0, 0.05) is 6.07 Å². The fraction of sp³-hybridized carbons (Fsp3) is 0.190. The molecule has 12 heteroatoms. The van der Waals surface area contributed by atoms with Crippen LogP contribution < -0.4 is 0 Å². The molecule has 1 aliphatic heterocycles. The number of carbonyl (C=O) groups excluding carboxylic acids is 1. The van der Waals surface area contributed by atoms with Crippen molar-refractivity contribution >= 4 is 29.2 Å². The summed E-state index contributed by atoms with van der Waals surface area (Å²) in [6.07, 6.45) is -10.0. The highest BCUT2D eigenvalue weighted by molar-refractivity contribution is 6.36. The molecule has 4 rings (SSSR count). The zero-order valence-corrected chi connectivity index (χ0v) is 17.3. The maximum Gasteiger partial charge on any atom is 0.435 e. The monoisotopic (exact) mass is 487 g/mol. The molecule has 1 aliphatic rings. The van der Waals surface area contributed by atoms with E-state index in [0.717, 1.165) is 0 Å². The number of alkyl halides is 6. The second-order valence-corrected chi connectivity index (χ2v) is 7.56. The quantitative estimate of drug-likeness (QED) is 0.327. The van der Waals surface area contributed by atoms with Crippen molar-refractivity contribution in [2.45, 2.75) is 25.8 Å². The van der Waals surface area contributed by atoms with Crippen molar-refractivity contribution in [3.05, 3.63) is 81.1 Å². The summed E-state index contributed by atoms with van der Waals surface area (Å²) in [6, 6.07) is 9.04. The maximum absolute atomic E-state index is 13.2. The van der Waals surface area contributed by atoms with Gasteiger partial charge in [-0.25, -0.2) is 9.79 Å². The minimum atomic E-state index is -5.02. The van der Waals surface area contributed by atoms with Crippen LogP contribution >= 0.6 is 11.6 Å². The third kappa shape index (κ3) is 4.45. The number of aryl methyl sites for hydroxylation is 1. The number of esters is 1. The lowest BCUT2D eigenvalue weighted by Gasteiger charge is -2.11. The topological polar surface area (TPSA) is 56.5 Å². The molecule has 2 aromatic carbocycles. The van der Waals surface area contributed by atoms with E-state index >= 15 is 0 Å². The van der Waals surface area contributed by atoms with Gasteiger partial charge in [0.1, 0.15) is 5.69 Å². The van der Waals surface area contributed by atoms with Crippen molar-refractivity contribution in [1.82, 2.24) is 9.78 Å². The van der Waals surface area contributed by atoms with Crippen molar-refractivity contribution < 1.29 is 35.9 Å². The predicted octanol–water partition coefficient (Wildman–Crippen LogP) is 6.18. The van der Waals surface area contributed by atoms with E-state index in [1.54, 1.807) is 19.1 Å². The Morgan fingerprint density at radius 3 is 2.42 bits per heavy atom. The van der Waals surface area contributed by atoms with E-state index in [1.807, 2.05) is 0 Å². The zero-order valence-electron chi connectivity index (χ0n) is 16.6. The van der Waals surface area contributed by atoms with E-state index in [9.17, 15) is 31.1 Å². The van der Waals surface area contributed by atoms with Gasteiger partial charge in [0.15, 0.2) is 5.69 Å². The Kier molecular flexibility index (Phi) is 5.47. The first kappa shape index (κ1) is 22.8. The van der Waals surface area contributed by atoms with Crippen LogP contribution in [-0.4, -0.2) is 21.6 Å². The molecule has 172 valence electrons. The summed E-state index contributed by atoms with van der Waals surface area (Å²) in [5.74, 6) is -0.656. The van der Waals surface area contributed by atoms with E-state index in [-0.39, 0.29) is 32.8 Å². The molecule has 2 heterocycles. The molecule has 0 fully saturated rings. The molecule has 0 atom stereocenters. The third-order valence-corrected chi connectivity index (χ3v) is 5.13. The number of rotatable bonds is 3. The molecule has 1 aromatic heterocycles. The van der Waals surface area contributed by atoms with Crippen LogP contribution in [0.5, 0.6) is 0 Å². The van der Waals surface area contributed by atoms with Gasteiger partial charge in [0.2, 0.25) is 5.90 Å². The van der Waals surface area contributed by atoms with Gasteiger partial charge in [-0.2, -0.15) is 31.4 Å². The molecule has 0 amide bonds. The van der Waals surface area contributed by atoms with E-state index in [1.165, 1.54) is 24.3 Å². The van der Waals surface area contributed by atoms with Gasteiger partial charge in [-0.15, -0.1) is 0 Å². The van der Waals surface area contributed by atoms with Crippen LogP contribution in [0.3, 0.4) is 0 Å². The van der Waals surface area contributed by atoms with Crippen molar-refractivity contribution in [2.75, 3.05) is 0 Å². The Labute approximate surface area is 187 Å². The first-order valence-corrected chi connectivity index (χ1v) is 9.64. The number of hydrogen-bond acceptors (Lipinski definition) is 4. The van der Waals surface area contributed by atoms with Crippen LogP contribution in [0.4, 0.5) is 32.0 Å². The van der Waals surface area contributed by atoms with Crippen LogP contribution in [0, 0.1) is 6.92 Å². The molecule has 0 unspecified atom stereocenters. The van der Waals surface area contributed by atoms with Gasteiger partial charge >= 0.3 is 18.3 Å². The standard InChI is InChI=1S/C21H12ClF6N3O2/c1-10-7-11(9-31-16(21(26,27)28)8-15(30-31)20(23,24)25)5-6-14(10)29-18-12-3-2-4-13(22)17(12)19(32)33-18/h2-8H,9H2,1H3/b29-18-. The van der Waals surface area contributed by atoms with E-state index in [0.29, 0.717) is 16.8 Å². The van der Waals surface area contributed by atoms with Gasteiger partial charge in [-0.1, -0.05) is 29.8 Å². The van der Waals surface area contributed by atoms with Crippen LogP contribution in [0.2, 0.25) is 5.02 Å². The summed E-state index contributed by atoms with van der Waals surface area (Å²) in [4.78, 5) is 16.3. The van der Waals surface area contributed by atoms with Crippen molar-refractivity contribution in [1.29, 1.82) is 0 Å². The van der Waals surface area contributed by atoms with Crippen molar-refractivity contribution in [3.8, 4) is 0 Å². The zero-order chi connectivity index (χ0) is 24.1. The molecule has 33 heavy (non-hydrogen) atoms. The van der Waals surface area contributed by atoms with Gasteiger partial charge < -0.3 is 4.74 Å². The number of benzene rings is 2. The van der Waals surface area contributed by atoms with Crippen LogP contribution in [0.25, 0.3) is 0 Å². The highest BCUT2D eigenvalue weighted by Gasteiger charge is 2.41. The number of halogens is 7. The Hall–Kier alpha value is -3.34. The molecular formula is C21H12ClF6N3O2. The Bertz CT molecular complexity index is 1290. The predicted molar refractivity (Wildman–Crippen MR) is 106 cm³/mol. The summed E-state index contributed by atoms with van der Waals surface area (Å²) in [7, 11) is 0. The molecular weight excluding hydrogens is 476 g/mol. The lowest BCUT2D eigenvalue weighted by molar-refractivity contribution is -0.144. The fourth-order valence-corrected chi connectivity index (χ4v) is 3.57. The molecule has 0 saturated heterocycles. The van der Waals surface area contributed by atoms with Gasteiger partial charge in [0.05, 0.1) is 28.4 Å². The highest BCUT2D eigenvalue weighted by Crippen LogP contribution is 2.36. The number of nitrogens with zero attached hydrogens (tertiary/aromatic N) is 3. The van der Waals surface area contributed by atoms with Gasteiger partial charge in [0.25, 0.3) is 0 Å². The number of ether oxygens (including phenoxy) is 1. The number of fused-ring (bicyclic) bond motifs is 1. The molecule has 5 nitrogen and oxygen atoms in total. The first-order valence-electron chi connectivity index (χ1n) is 9.26. The number of aliphatic imine (C=N–C) groups is 1. The summed E-state index contributed by atoms with van der Waals surface area (Å²) >= 11 is 6.02. The highest BCUT2D eigenvalue weighted by atomic mass is 35.5. The van der Waals surface area contributed by atoms with Crippen molar-refractivity contribution in [2.24, 2.45) is 4.99 Å². The molecule has 0 spiro atoms. The van der Waals surface area contributed by atoms with E-state index in [4.69, 9.17) is 16.3 Å². The SMILES string of the molecule is Cc1cc(Cn2nc(C(F)(F)F)cc2C(F)(F)F)ccc1/N=C1\OC(=O)c2c(Cl)cccc21. The Morgan fingerprint density at radius 1 is 1.06 bits per heavy atom. The normalized spacial score (nSPS) is 15.2. The third-order valence-electron chi connectivity index (χ3n) is 4.81. The van der Waals surface area contributed by atoms with Crippen molar-refractivity contribution in [3.63, 3.8) is 0 Å². The van der Waals surface area contributed by atoms with Crippen LogP contribution in [0.15, 0.2) is 47.5 Å². The first-order chi connectivity index (χ1) is 15.3. The molecule has 0 N–H and O–H groups in total. The average Bonchev–Trinajstić information content (AvgIpc) is 3.26. The second kappa shape index (κ2) is 7.91. The van der Waals surface area contributed by atoms with Crippen LogP contribution in [-0.2, 0) is 23.6 Å². The Morgan fingerprint density at radius 2 is 1.79 bits per heavy atom. The summed E-state index contributed by atoms with van der Waals surface area (Å²) in [5.41, 5.74) is -1.47. The van der Waals surface area contributed by atoms with E-state index in [2.05, 4.69) is 10.1 Å². The summed E-state index contributed by atoms with van der Waals surface area (Å²) in [6.45, 7) is 1.06. The number of aromatic nitrogens is 2. The summed E-state index contributed by atoms with van der Waals surface area (Å²) in [5, 5.41) is 3.30. The average molecular weight is 488 g/mol. The maximum atomic E-state index is 13.2. The minimum absolute atomic E-state index is 0.00889. The molecule has 0 saturated carbocycles. The van der Waals surface area contributed by atoms with Gasteiger partial charge in [-0.3, -0.25) is 4.68 Å². The largest absolute Gasteiger partial charge is 0.435 e. The lowest BCUT2D eigenvalue weighted by atomic mass is 10.1.